The van der Waals surface area contributed by atoms with Crippen molar-refractivity contribution in [3.63, 3.8) is 0 Å². The van der Waals surface area contributed by atoms with E-state index >= 15 is 0 Å². The lowest BCUT2D eigenvalue weighted by Gasteiger charge is -2.20. The van der Waals surface area contributed by atoms with Crippen LogP contribution in [0.3, 0.4) is 0 Å². The van der Waals surface area contributed by atoms with Crippen molar-refractivity contribution < 1.29 is 9.59 Å². The Labute approximate surface area is 126 Å². The highest BCUT2D eigenvalue weighted by molar-refractivity contribution is 6.02. The molecule has 0 unspecified atom stereocenters. The summed E-state index contributed by atoms with van der Waals surface area (Å²) in [5.41, 5.74) is 2.74. The summed E-state index contributed by atoms with van der Waals surface area (Å²) in [5, 5.41) is 3.14. The van der Waals surface area contributed by atoms with E-state index in [1.54, 1.807) is 6.92 Å². The Bertz CT molecular complexity index is 523. The van der Waals surface area contributed by atoms with Gasteiger partial charge in [0.15, 0.2) is 5.78 Å². The number of hydrogen-bond donors (Lipinski definition) is 2. The quantitative estimate of drug-likeness (QED) is 0.834. The van der Waals surface area contributed by atoms with Gasteiger partial charge in [-0.05, 0) is 39.2 Å². The lowest BCUT2D eigenvalue weighted by molar-refractivity contribution is 0.0925. The Hall–Kier alpha value is -1.58. The molecule has 0 bridgehead atoms. The number of carbonyl (C=O) groups is 2. The number of aromatic nitrogens is 1. The number of H-pyrrole nitrogens is 1. The summed E-state index contributed by atoms with van der Waals surface area (Å²) in [4.78, 5) is 27.2. The van der Waals surface area contributed by atoms with E-state index in [-0.39, 0.29) is 17.7 Å². The zero-order chi connectivity index (χ0) is 15.4. The average molecular weight is 290 g/mol. The normalized spacial score (nSPS) is 17.1. The summed E-state index contributed by atoms with van der Waals surface area (Å²) in [6, 6.07) is 0.265. The molecule has 1 fully saturated rings. The maximum atomic E-state index is 12.5. The molecule has 0 spiro atoms. The number of aromatic amines is 1. The van der Waals surface area contributed by atoms with Crippen molar-refractivity contribution >= 4 is 11.7 Å². The van der Waals surface area contributed by atoms with Gasteiger partial charge in [-0.25, -0.2) is 0 Å². The standard InChI is InChI=1S/C17H26N2O2/c1-11-15(13(3)20)12(2)18-16(11)17(21)19-14-9-7-5-4-6-8-10-14/h14,18H,4-10H2,1-3H3,(H,19,21). The van der Waals surface area contributed by atoms with Crippen molar-refractivity contribution in [3.05, 3.63) is 22.5 Å². The fourth-order valence-corrected chi connectivity index (χ4v) is 3.36. The molecular formula is C17H26N2O2. The number of aryl methyl sites for hydroxylation is 1. The van der Waals surface area contributed by atoms with Crippen molar-refractivity contribution in [3.8, 4) is 0 Å². The number of carbonyl (C=O) groups excluding carboxylic acids is 2. The van der Waals surface area contributed by atoms with E-state index in [9.17, 15) is 9.59 Å². The Morgan fingerprint density at radius 1 is 1.05 bits per heavy atom. The molecule has 1 aliphatic carbocycles. The molecule has 1 amide bonds. The van der Waals surface area contributed by atoms with Gasteiger partial charge in [-0.3, -0.25) is 9.59 Å². The third-order valence-corrected chi connectivity index (χ3v) is 4.46. The third kappa shape index (κ3) is 3.74. The summed E-state index contributed by atoms with van der Waals surface area (Å²) in [7, 11) is 0. The number of ketones is 1. The van der Waals surface area contributed by atoms with Crippen LogP contribution in [0.25, 0.3) is 0 Å². The van der Waals surface area contributed by atoms with Crippen molar-refractivity contribution in [2.45, 2.75) is 71.8 Å². The summed E-state index contributed by atoms with van der Waals surface area (Å²) >= 11 is 0. The minimum atomic E-state index is -0.0753. The lowest BCUT2D eigenvalue weighted by atomic mass is 9.96. The molecule has 4 nitrogen and oxygen atoms in total. The Balaban J connectivity index is 2.09. The van der Waals surface area contributed by atoms with Crippen LogP contribution in [0.1, 0.15) is 84.0 Å². The van der Waals surface area contributed by atoms with Gasteiger partial charge < -0.3 is 10.3 Å². The predicted octanol–water partition coefficient (Wildman–Crippen LogP) is 3.68. The minimum absolute atomic E-state index is 0.00579. The summed E-state index contributed by atoms with van der Waals surface area (Å²) < 4.78 is 0. The van der Waals surface area contributed by atoms with Crippen LogP contribution < -0.4 is 5.32 Å². The number of amides is 1. The van der Waals surface area contributed by atoms with Gasteiger partial charge in [-0.2, -0.15) is 0 Å². The van der Waals surface area contributed by atoms with Crippen LogP contribution in [0, 0.1) is 13.8 Å². The van der Waals surface area contributed by atoms with E-state index in [1.807, 2.05) is 13.8 Å². The molecule has 0 aliphatic heterocycles. The molecule has 1 heterocycles. The molecule has 0 atom stereocenters. The van der Waals surface area contributed by atoms with Crippen molar-refractivity contribution in [1.29, 1.82) is 0 Å². The fourth-order valence-electron chi connectivity index (χ4n) is 3.36. The first kappa shape index (κ1) is 15.8. The van der Waals surface area contributed by atoms with Gasteiger partial charge in [0.25, 0.3) is 5.91 Å². The number of hydrogen-bond acceptors (Lipinski definition) is 2. The molecule has 1 aromatic rings. The van der Waals surface area contributed by atoms with Crippen LogP contribution >= 0.6 is 0 Å². The fraction of sp³-hybridized carbons (Fsp3) is 0.647. The van der Waals surface area contributed by atoms with E-state index in [4.69, 9.17) is 0 Å². The van der Waals surface area contributed by atoms with E-state index in [1.165, 1.54) is 32.1 Å². The van der Waals surface area contributed by atoms with E-state index in [0.717, 1.165) is 24.1 Å². The van der Waals surface area contributed by atoms with Gasteiger partial charge in [0.1, 0.15) is 5.69 Å². The van der Waals surface area contributed by atoms with Gasteiger partial charge in [0.2, 0.25) is 0 Å². The van der Waals surface area contributed by atoms with Crippen LogP contribution in [-0.4, -0.2) is 22.7 Å². The summed E-state index contributed by atoms with van der Waals surface area (Å²) in [6.07, 6.45) is 8.34. The average Bonchev–Trinajstić information content (AvgIpc) is 2.67. The molecule has 4 heteroatoms. The molecule has 1 aliphatic rings. The second-order valence-electron chi connectivity index (χ2n) is 6.20. The first-order chi connectivity index (χ1) is 10.0. The Morgan fingerprint density at radius 2 is 1.62 bits per heavy atom. The highest BCUT2D eigenvalue weighted by atomic mass is 16.2. The van der Waals surface area contributed by atoms with Gasteiger partial charge in [0.05, 0.1) is 0 Å². The Morgan fingerprint density at radius 3 is 2.14 bits per heavy atom. The minimum Gasteiger partial charge on any atom is -0.354 e. The molecule has 1 saturated carbocycles. The monoisotopic (exact) mass is 290 g/mol. The number of nitrogens with one attached hydrogen (secondary N) is 2. The van der Waals surface area contributed by atoms with E-state index in [0.29, 0.717) is 11.3 Å². The zero-order valence-corrected chi connectivity index (χ0v) is 13.3. The highest BCUT2D eigenvalue weighted by Gasteiger charge is 2.22. The molecular weight excluding hydrogens is 264 g/mol. The first-order valence-corrected chi connectivity index (χ1v) is 8.01. The smallest absolute Gasteiger partial charge is 0.268 e. The van der Waals surface area contributed by atoms with E-state index < -0.39 is 0 Å². The van der Waals surface area contributed by atoms with Crippen LogP contribution in [0.4, 0.5) is 0 Å². The van der Waals surface area contributed by atoms with Gasteiger partial charge in [-0.15, -0.1) is 0 Å². The molecule has 2 N–H and O–H groups in total. The van der Waals surface area contributed by atoms with Gasteiger partial charge >= 0.3 is 0 Å². The number of rotatable bonds is 3. The number of Topliss-reactive ketones (excluding diaryl/α,β-unsaturated/α-hetero) is 1. The third-order valence-electron chi connectivity index (χ3n) is 4.46. The van der Waals surface area contributed by atoms with Gasteiger partial charge in [-0.1, -0.05) is 32.1 Å². The second kappa shape index (κ2) is 6.92. The molecule has 2 rings (SSSR count). The topological polar surface area (TPSA) is 62.0 Å². The Kier molecular flexibility index (Phi) is 5.21. The van der Waals surface area contributed by atoms with Crippen LogP contribution in [0.5, 0.6) is 0 Å². The first-order valence-electron chi connectivity index (χ1n) is 8.01. The largest absolute Gasteiger partial charge is 0.354 e. The molecule has 1 aromatic heterocycles. The van der Waals surface area contributed by atoms with E-state index in [2.05, 4.69) is 10.3 Å². The molecule has 0 saturated heterocycles. The van der Waals surface area contributed by atoms with Crippen LogP contribution in [-0.2, 0) is 0 Å². The van der Waals surface area contributed by atoms with Crippen LogP contribution in [0.2, 0.25) is 0 Å². The summed E-state index contributed by atoms with van der Waals surface area (Å²) in [6.45, 7) is 5.23. The molecule has 0 radical (unpaired) electrons. The van der Waals surface area contributed by atoms with Gasteiger partial charge in [0, 0.05) is 17.3 Å². The maximum absolute atomic E-state index is 12.5. The molecule has 21 heavy (non-hydrogen) atoms. The second-order valence-corrected chi connectivity index (χ2v) is 6.20. The maximum Gasteiger partial charge on any atom is 0.268 e. The predicted molar refractivity (Wildman–Crippen MR) is 83.8 cm³/mol. The van der Waals surface area contributed by atoms with Crippen molar-refractivity contribution in [1.82, 2.24) is 10.3 Å². The molecule has 0 aromatic carbocycles. The lowest BCUT2D eigenvalue weighted by Crippen LogP contribution is -2.35. The zero-order valence-electron chi connectivity index (χ0n) is 13.3. The van der Waals surface area contributed by atoms with Crippen LogP contribution in [0.15, 0.2) is 0 Å². The summed E-state index contributed by atoms with van der Waals surface area (Å²) in [5.74, 6) is -0.0695. The SMILES string of the molecule is CC(=O)c1c(C)[nH]c(C(=O)NC2CCCCCCC2)c1C. The highest BCUT2D eigenvalue weighted by Crippen LogP contribution is 2.20. The molecule has 116 valence electrons. The van der Waals surface area contributed by atoms with Crippen molar-refractivity contribution in [2.75, 3.05) is 0 Å². The van der Waals surface area contributed by atoms with Crippen molar-refractivity contribution in [2.24, 2.45) is 0 Å².